The molecule has 1 amide bonds. The predicted octanol–water partition coefficient (Wildman–Crippen LogP) is 2.25. The van der Waals surface area contributed by atoms with Gasteiger partial charge in [0, 0.05) is 35.8 Å². The molecular formula is C19H18ClN5O2S. The summed E-state index contributed by atoms with van der Waals surface area (Å²) in [6.07, 6.45) is 3.69. The second-order valence-corrected chi connectivity index (χ2v) is 8.15. The van der Waals surface area contributed by atoms with Gasteiger partial charge in [-0.2, -0.15) is 0 Å². The van der Waals surface area contributed by atoms with E-state index in [1.165, 1.54) is 12.4 Å². The predicted molar refractivity (Wildman–Crippen MR) is 109 cm³/mol. The zero-order valence-electron chi connectivity index (χ0n) is 14.9. The number of hydrogen-bond donors (Lipinski definition) is 2. The molecule has 2 N–H and O–H groups in total. The Bertz CT molecular complexity index is 1010. The Morgan fingerprint density at radius 3 is 2.75 bits per heavy atom. The molecule has 3 heterocycles. The average molecular weight is 416 g/mol. The number of anilines is 1. The van der Waals surface area contributed by atoms with Gasteiger partial charge in [-0.3, -0.25) is 9.59 Å². The van der Waals surface area contributed by atoms with E-state index in [9.17, 15) is 9.59 Å². The van der Waals surface area contributed by atoms with Crippen molar-refractivity contribution in [2.45, 2.75) is 13.0 Å². The number of nitrogens with one attached hydrogen (secondary N) is 2. The molecule has 0 spiro atoms. The van der Waals surface area contributed by atoms with Crippen molar-refractivity contribution < 1.29 is 4.79 Å². The summed E-state index contributed by atoms with van der Waals surface area (Å²) in [6.45, 7) is 1.37. The van der Waals surface area contributed by atoms with Crippen molar-refractivity contribution in [3.05, 3.63) is 74.9 Å². The molecule has 0 bridgehead atoms. The fourth-order valence-corrected chi connectivity index (χ4v) is 4.15. The van der Waals surface area contributed by atoms with Gasteiger partial charge in [0.05, 0.1) is 24.0 Å². The smallest absolute Gasteiger partial charge is 0.250 e. The summed E-state index contributed by atoms with van der Waals surface area (Å²) >= 11 is 7.54. The van der Waals surface area contributed by atoms with E-state index in [0.717, 1.165) is 10.7 Å². The molecule has 0 radical (unpaired) electrons. The first-order chi connectivity index (χ1) is 13.5. The van der Waals surface area contributed by atoms with E-state index in [2.05, 4.69) is 25.2 Å². The van der Waals surface area contributed by atoms with Crippen LogP contribution in [0.2, 0.25) is 5.02 Å². The third-order valence-electron chi connectivity index (χ3n) is 4.78. The molecule has 7 nitrogen and oxygen atoms in total. The molecule has 0 atom stereocenters. The molecular weight excluding hydrogens is 398 g/mol. The highest BCUT2D eigenvalue weighted by atomic mass is 35.5. The summed E-state index contributed by atoms with van der Waals surface area (Å²) in [6, 6.07) is 8.94. The molecule has 3 aromatic rings. The molecule has 2 aromatic heterocycles. The van der Waals surface area contributed by atoms with Crippen molar-refractivity contribution in [2.24, 2.45) is 5.41 Å². The molecule has 0 unspecified atom stereocenters. The summed E-state index contributed by atoms with van der Waals surface area (Å²) in [5.41, 5.74) is 0.761. The fraction of sp³-hybridized carbons (Fsp3) is 0.263. The Morgan fingerprint density at radius 2 is 2.07 bits per heavy atom. The van der Waals surface area contributed by atoms with Gasteiger partial charge in [-0.25, -0.2) is 9.97 Å². The lowest BCUT2D eigenvalue weighted by Crippen LogP contribution is -2.64. The zero-order valence-corrected chi connectivity index (χ0v) is 16.5. The number of carbonyl (C=O) groups excluding carboxylic acids is 1. The second kappa shape index (κ2) is 7.73. The molecule has 144 valence electrons. The van der Waals surface area contributed by atoms with Gasteiger partial charge in [0.15, 0.2) is 5.13 Å². The van der Waals surface area contributed by atoms with Gasteiger partial charge in [0.25, 0.3) is 5.56 Å². The highest BCUT2D eigenvalue weighted by molar-refractivity contribution is 7.13. The van der Waals surface area contributed by atoms with Crippen LogP contribution in [0.3, 0.4) is 0 Å². The minimum absolute atomic E-state index is 0.0580. The van der Waals surface area contributed by atoms with Gasteiger partial charge in [-0.05, 0) is 24.1 Å². The molecule has 1 fully saturated rings. The van der Waals surface area contributed by atoms with Gasteiger partial charge in [0.2, 0.25) is 5.91 Å². The second-order valence-electron chi connectivity index (χ2n) is 6.84. The van der Waals surface area contributed by atoms with Crippen LogP contribution >= 0.6 is 22.9 Å². The van der Waals surface area contributed by atoms with Crippen LogP contribution in [0, 0.1) is 5.41 Å². The van der Waals surface area contributed by atoms with Gasteiger partial charge in [-0.1, -0.05) is 23.7 Å². The largest absolute Gasteiger partial charge is 0.350 e. The summed E-state index contributed by atoms with van der Waals surface area (Å²) in [7, 11) is 0. The van der Waals surface area contributed by atoms with E-state index in [4.69, 9.17) is 11.6 Å². The Hall–Kier alpha value is -2.71. The molecule has 0 aliphatic carbocycles. The van der Waals surface area contributed by atoms with Crippen LogP contribution in [0.1, 0.15) is 11.3 Å². The van der Waals surface area contributed by atoms with Crippen molar-refractivity contribution in [1.82, 2.24) is 20.3 Å². The lowest BCUT2D eigenvalue weighted by molar-refractivity contribution is -0.132. The van der Waals surface area contributed by atoms with E-state index in [-0.39, 0.29) is 18.0 Å². The van der Waals surface area contributed by atoms with Crippen molar-refractivity contribution in [3.63, 3.8) is 0 Å². The third-order valence-corrected chi connectivity index (χ3v) is 5.86. The standard InChI is InChI=1S/C19H18ClN5O2S/c20-14-3-1-13(2-4-14)8-19(10-25(11-19)18-21-5-6-28-18)17(27)22-9-15-7-16(26)24-12-23-15/h1-7,12H,8-11H2,(H,22,27)(H,23,24,26). The number of aromatic amines is 1. The monoisotopic (exact) mass is 415 g/mol. The van der Waals surface area contributed by atoms with Crippen molar-refractivity contribution in [2.75, 3.05) is 18.0 Å². The number of rotatable bonds is 6. The van der Waals surface area contributed by atoms with Crippen molar-refractivity contribution in [3.8, 4) is 0 Å². The van der Waals surface area contributed by atoms with Crippen LogP contribution in [-0.4, -0.2) is 33.9 Å². The summed E-state index contributed by atoms with van der Waals surface area (Å²) in [4.78, 5) is 37.5. The first kappa shape index (κ1) is 18.6. The molecule has 28 heavy (non-hydrogen) atoms. The van der Waals surface area contributed by atoms with E-state index >= 15 is 0 Å². The van der Waals surface area contributed by atoms with Gasteiger partial charge in [0.1, 0.15) is 0 Å². The number of halogens is 1. The highest BCUT2D eigenvalue weighted by Crippen LogP contribution is 2.38. The van der Waals surface area contributed by atoms with Crippen LogP contribution in [0.5, 0.6) is 0 Å². The fourth-order valence-electron chi connectivity index (χ4n) is 3.38. The Balaban J connectivity index is 1.50. The number of benzene rings is 1. The number of aromatic nitrogens is 3. The number of H-pyrrole nitrogens is 1. The highest BCUT2D eigenvalue weighted by Gasteiger charge is 2.49. The summed E-state index contributed by atoms with van der Waals surface area (Å²) in [5, 5.41) is 6.45. The lowest BCUT2D eigenvalue weighted by atomic mass is 9.74. The SMILES string of the molecule is O=C(NCc1cc(=O)[nH]cn1)C1(Cc2ccc(Cl)cc2)CN(c2nccs2)C1. The van der Waals surface area contributed by atoms with E-state index < -0.39 is 5.41 Å². The van der Waals surface area contributed by atoms with Gasteiger partial charge >= 0.3 is 0 Å². The molecule has 1 saturated heterocycles. The van der Waals surface area contributed by atoms with Crippen LogP contribution in [-0.2, 0) is 17.8 Å². The number of thiazole rings is 1. The molecule has 0 saturated carbocycles. The zero-order chi connectivity index (χ0) is 19.6. The molecule has 1 aliphatic rings. The number of nitrogens with zero attached hydrogens (tertiary/aromatic N) is 3. The third kappa shape index (κ3) is 3.93. The lowest BCUT2D eigenvalue weighted by Gasteiger charge is -2.49. The first-order valence-corrected chi connectivity index (χ1v) is 10.0. The minimum atomic E-state index is -0.569. The van der Waals surface area contributed by atoms with E-state index in [0.29, 0.717) is 30.2 Å². The Morgan fingerprint density at radius 1 is 1.29 bits per heavy atom. The normalized spacial score (nSPS) is 15.1. The van der Waals surface area contributed by atoms with Crippen molar-refractivity contribution >= 4 is 34.0 Å². The maximum absolute atomic E-state index is 13.1. The van der Waals surface area contributed by atoms with Crippen LogP contribution in [0.15, 0.2) is 53.0 Å². The molecule has 1 aromatic carbocycles. The van der Waals surface area contributed by atoms with Crippen LogP contribution < -0.4 is 15.8 Å². The maximum Gasteiger partial charge on any atom is 0.250 e. The average Bonchev–Trinajstić information content (AvgIpc) is 3.18. The molecule has 1 aliphatic heterocycles. The van der Waals surface area contributed by atoms with Gasteiger partial charge in [-0.15, -0.1) is 11.3 Å². The Kier molecular flexibility index (Phi) is 5.15. The molecule has 9 heteroatoms. The maximum atomic E-state index is 13.1. The molecule has 4 rings (SSSR count). The van der Waals surface area contributed by atoms with E-state index in [1.807, 2.05) is 29.6 Å². The number of amides is 1. The van der Waals surface area contributed by atoms with E-state index in [1.54, 1.807) is 17.5 Å². The minimum Gasteiger partial charge on any atom is -0.350 e. The topological polar surface area (TPSA) is 91.0 Å². The Labute approximate surface area is 170 Å². The van der Waals surface area contributed by atoms with Crippen LogP contribution in [0.4, 0.5) is 5.13 Å². The number of hydrogen-bond acceptors (Lipinski definition) is 6. The summed E-state index contributed by atoms with van der Waals surface area (Å²) < 4.78 is 0. The quantitative estimate of drug-likeness (QED) is 0.644. The van der Waals surface area contributed by atoms with Gasteiger partial charge < -0.3 is 15.2 Å². The summed E-state index contributed by atoms with van der Waals surface area (Å²) in [5.74, 6) is -0.0580. The van der Waals surface area contributed by atoms with Crippen LogP contribution in [0.25, 0.3) is 0 Å². The first-order valence-electron chi connectivity index (χ1n) is 8.75. The van der Waals surface area contributed by atoms with Crippen molar-refractivity contribution in [1.29, 1.82) is 0 Å². The number of carbonyl (C=O) groups is 1.